The molecule has 0 saturated carbocycles. The number of para-hydroxylation sites is 2. The van der Waals surface area contributed by atoms with Crippen molar-refractivity contribution in [1.82, 2.24) is 14.5 Å². The summed E-state index contributed by atoms with van der Waals surface area (Å²) < 4.78 is 2.35. The molecule has 2 aromatic heterocycles. The molecule has 0 saturated heterocycles. The standard InChI is InChI=1S/C46H29N3/c1-3-14-31(15-4-1)46-47-41(33-24-26-44-40(28-33)37-21-11-12-22-43(37)49(44)34-17-5-2-6-18-34)29-42(48-46)45-36-20-10-8-16-32(36)27-39-35-19-9-7-13-30(35)23-25-38(39)45/h1-29H. The minimum absolute atomic E-state index is 0.710. The Labute approximate surface area is 283 Å². The first kappa shape index (κ1) is 27.5. The van der Waals surface area contributed by atoms with E-state index < -0.39 is 0 Å². The molecule has 228 valence electrons. The van der Waals surface area contributed by atoms with Crippen LogP contribution in [0, 0.1) is 0 Å². The zero-order valence-electron chi connectivity index (χ0n) is 26.6. The molecule has 49 heavy (non-hydrogen) atoms. The van der Waals surface area contributed by atoms with Gasteiger partial charge in [0, 0.05) is 33.2 Å². The Kier molecular flexibility index (Phi) is 6.18. The van der Waals surface area contributed by atoms with Gasteiger partial charge in [-0.15, -0.1) is 0 Å². The normalized spacial score (nSPS) is 11.7. The molecule has 0 atom stereocenters. The van der Waals surface area contributed by atoms with E-state index in [0.29, 0.717) is 5.82 Å². The molecule has 8 aromatic carbocycles. The molecule has 0 bridgehead atoms. The summed E-state index contributed by atoms with van der Waals surface area (Å²) >= 11 is 0. The van der Waals surface area contributed by atoms with E-state index in [0.717, 1.165) is 33.8 Å². The molecule has 0 fully saturated rings. The summed E-state index contributed by atoms with van der Waals surface area (Å²) in [5.74, 6) is 0.710. The third kappa shape index (κ3) is 4.44. The smallest absolute Gasteiger partial charge is 0.160 e. The lowest BCUT2D eigenvalue weighted by molar-refractivity contribution is 1.18. The average molecular weight is 624 g/mol. The van der Waals surface area contributed by atoms with Gasteiger partial charge in [0.05, 0.1) is 22.4 Å². The Morgan fingerprint density at radius 1 is 0.347 bits per heavy atom. The van der Waals surface area contributed by atoms with Crippen LogP contribution in [-0.4, -0.2) is 14.5 Å². The molecular weight excluding hydrogens is 595 g/mol. The molecule has 2 heterocycles. The molecule has 10 aromatic rings. The lowest BCUT2D eigenvalue weighted by Crippen LogP contribution is -1.97. The van der Waals surface area contributed by atoms with Crippen LogP contribution < -0.4 is 0 Å². The molecule has 0 aliphatic carbocycles. The summed E-state index contributed by atoms with van der Waals surface area (Å²) in [6.45, 7) is 0. The van der Waals surface area contributed by atoms with Gasteiger partial charge >= 0.3 is 0 Å². The quantitative estimate of drug-likeness (QED) is 0.144. The van der Waals surface area contributed by atoms with Gasteiger partial charge in [0.25, 0.3) is 0 Å². The third-order valence-corrected chi connectivity index (χ3v) is 9.77. The van der Waals surface area contributed by atoms with Gasteiger partial charge in [0.2, 0.25) is 0 Å². The first-order chi connectivity index (χ1) is 24.3. The summed E-state index contributed by atoms with van der Waals surface area (Å²) in [5, 5.41) is 9.66. The van der Waals surface area contributed by atoms with Crippen molar-refractivity contribution < 1.29 is 0 Å². The van der Waals surface area contributed by atoms with Crippen LogP contribution in [0.2, 0.25) is 0 Å². The van der Waals surface area contributed by atoms with Crippen molar-refractivity contribution >= 4 is 54.1 Å². The van der Waals surface area contributed by atoms with Crippen molar-refractivity contribution in [3.05, 3.63) is 176 Å². The maximum Gasteiger partial charge on any atom is 0.160 e. The number of nitrogens with zero attached hydrogens (tertiary/aromatic N) is 3. The minimum Gasteiger partial charge on any atom is -0.309 e. The van der Waals surface area contributed by atoms with Crippen molar-refractivity contribution in [2.75, 3.05) is 0 Å². The zero-order chi connectivity index (χ0) is 32.3. The van der Waals surface area contributed by atoms with E-state index in [9.17, 15) is 0 Å². The second-order valence-electron chi connectivity index (χ2n) is 12.6. The molecule has 3 nitrogen and oxygen atoms in total. The molecule has 0 amide bonds. The summed E-state index contributed by atoms with van der Waals surface area (Å²) in [6.07, 6.45) is 0. The molecule has 3 heteroatoms. The topological polar surface area (TPSA) is 30.7 Å². The molecule has 0 aliphatic heterocycles. The molecule has 0 N–H and O–H groups in total. The number of hydrogen-bond donors (Lipinski definition) is 0. The fraction of sp³-hybridized carbons (Fsp3) is 0. The number of aromatic nitrogens is 3. The van der Waals surface area contributed by atoms with Crippen LogP contribution in [0.25, 0.3) is 93.7 Å². The van der Waals surface area contributed by atoms with E-state index in [-0.39, 0.29) is 0 Å². The van der Waals surface area contributed by atoms with Gasteiger partial charge in [-0.2, -0.15) is 0 Å². The Balaban J connectivity index is 1.27. The zero-order valence-corrected chi connectivity index (χ0v) is 26.6. The number of hydrogen-bond acceptors (Lipinski definition) is 2. The summed E-state index contributed by atoms with van der Waals surface area (Å²) in [4.78, 5) is 10.6. The van der Waals surface area contributed by atoms with Gasteiger partial charge < -0.3 is 4.57 Å². The van der Waals surface area contributed by atoms with Crippen molar-refractivity contribution in [1.29, 1.82) is 0 Å². The fourth-order valence-electron chi connectivity index (χ4n) is 7.52. The first-order valence-electron chi connectivity index (χ1n) is 16.7. The second-order valence-corrected chi connectivity index (χ2v) is 12.6. The minimum atomic E-state index is 0.710. The summed E-state index contributed by atoms with van der Waals surface area (Å²) in [6, 6.07) is 62.6. The Morgan fingerprint density at radius 3 is 1.84 bits per heavy atom. The van der Waals surface area contributed by atoms with Crippen molar-refractivity contribution in [2.45, 2.75) is 0 Å². The first-order valence-corrected chi connectivity index (χ1v) is 16.7. The van der Waals surface area contributed by atoms with Crippen molar-refractivity contribution in [3.8, 4) is 39.6 Å². The fourth-order valence-corrected chi connectivity index (χ4v) is 7.52. The summed E-state index contributed by atoms with van der Waals surface area (Å²) in [7, 11) is 0. The predicted octanol–water partition coefficient (Wildman–Crippen LogP) is 12.0. The monoisotopic (exact) mass is 623 g/mol. The largest absolute Gasteiger partial charge is 0.309 e. The average Bonchev–Trinajstić information content (AvgIpc) is 3.51. The highest BCUT2D eigenvalue weighted by Gasteiger charge is 2.18. The predicted molar refractivity (Wildman–Crippen MR) is 205 cm³/mol. The van der Waals surface area contributed by atoms with Gasteiger partial charge in [0.1, 0.15) is 0 Å². The van der Waals surface area contributed by atoms with Crippen molar-refractivity contribution in [2.24, 2.45) is 0 Å². The van der Waals surface area contributed by atoms with Crippen LogP contribution in [0.3, 0.4) is 0 Å². The Hall–Kier alpha value is -6.58. The van der Waals surface area contributed by atoms with Gasteiger partial charge in [-0.05, 0) is 74.8 Å². The van der Waals surface area contributed by atoms with Gasteiger partial charge in [0.15, 0.2) is 5.82 Å². The highest BCUT2D eigenvalue weighted by atomic mass is 15.0. The molecular formula is C46H29N3. The molecule has 0 unspecified atom stereocenters. The lowest BCUT2D eigenvalue weighted by atomic mass is 9.91. The van der Waals surface area contributed by atoms with Crippen LogP contribution in [0.4, 0.5) is 0 Å². The van der Waals surface area contributed by atoms with Crippen LogP contribution in [0.5, 0.6) is 0 Å². The van der Waals surface area contributed by atoms with E-state index >= 15 is 0 Å². The van der Waals surface area contributed by atoms with Crippen molar-refractivity contribution in [3.63, 3.8) is 0 Å². The molecule has 10 rings (SSSR count). The summed E-state index contributed by atoms with van der Waals surface area (Å²) in [5.41, 5.74) is 8.47. The van der Waals surface area contributed by atoms with Crippen LogP contribution in [0.15, 0.2) is 176 Å². The maximum atomic E-state index is 5.32. The van der Waals surface area contributed by atoms with Crippen LogP contribution in [-0.2, 0) is 0 Å². The molecule has 0 radical (unpaired) electrons. The van der Waals surface area contributed by atoms with E-state index in [1.165, 1.54) is 54.1 Å². The number of rotatable bonds is 4. The number of benzene rings is 8. The van der Waals surface area contributed by atoms with Crippen LogP contribution in [0.1, 0.15) is 0 Å². The van der Waals surface area contributed by atoms with E-state index in [4.69, 9.17) is 9.97 Å². The van der Waals surface area contributed by atoms with E-state index in [1.54, 1.807) is 0 Å². The highest BCUT2D eigenvalue weighted by molar-refractivity contribution is 6.20. The highest BCUT2D eigenvalue weighted by Crippen LogP contribution is 2.41. The lowest BCUT2D eigenvalue weighted by Gasteiger charge is -2.15. The van der Waals surface area contributed by atoms with Crippen LogP contribution >= 0.6 is 0 Å². The van der Waals surface area contributed by atoms with E-state index in [1.807, 2.05) is 6.07 Å². The van der Waals surface area contributed by atoms with Gasteiger partial charge in [-0.25, -0.2) is 9.97 Å². The molecule has 0 aliphatic rings. The van der Waals surface area contributed by atoms with Gasteiger partial charge in [-0.3, -0.25) is 0 Å². The molecule has 0 spiro atoms. The SMILES string of the molecule is c1ccc(-c2nc(-c3ccc4c(c3)c3ccccc3n4-c3ccccc3)cc(-c3c4ccccc4cc4c3ccc3ccccc34)n2)cc1. The second kappa shape index (κ2) is 11.0. The third-order valence-electron chi connectivity index (χ3n) is 9.77. The van der Waals surface area contributed by atoms with E-state index in [2.05, 4.69) is 174 Å². The number of fused-ring (bicyclic) bond motifs is 7. The Morgan fingerprint density at radius 2 is 1.00 bits per heavy atom. The van der Waals surface area contributed by atoms with Gasteiger partial charge in [-0.1, -0.05) is 133 Å². The maximum absolute atomic E-state index is 5.32. The Bertz CT molecular complexity index is 2870.